The number of nitrogens with zero attached hydrogens (tertiary/aromatic N) is 8. The number of phenolic OH excluding ortho intramolecular Hbond substituents is 1. The molecule has 0 saturated heterocycles. The molecule has 6 rings (SSSR count). The standard InChI is InChI=1S/C70H99N25O17/c71-20-6-4-11-46(73)59(101)90-50(23-39-9-2-1-3-10-39)63(105)92-51(25-41-29-76-35-82-41)65(107)89-49(18-19-58(99)100)62(104)88-48(12-5-7-21-72)61(103)91-53(27-43-31-78-37-84-43)66(108)93-54(28-44-32-79-38-85-44)67(109)95-56(34-96)68(110)94-52(26-42-30-77-36-83-42)64(106)87-47(13-8-22-80-70(74)75)60(102)81-33-57(98)86-55(69(111)112)24-40-14-16-45(97)17-15-40/h1-3,9-10,14-17,29-32,35-38,41-44,46-56,96-97H,4-8,11-13,18-28,33-34,71-73H2,(H,81,102)(H,86,98)(H,87,106)(H,88,104)(H,89,107)(H,90,101)(H,91,103)(H,92,105)(H,93,108)(H,94,110)(H,95,109)(H,99,100)(H,111,112)(H4,74,75,80)/t41?,42?,43?,44?,46-,47-,48-,49-,50-,51-,52-,53-,54-,55-,56-/m0/s1. The molecule has 25 N–H and O–H groups in total. The van der Waals surface area contributed by atoms with Gasteiger partial charge in [-0.2, -0.15) is 0 Å². The number of aliphatic imine (C=N–C) groups is 8. The van der Waals surface area contributed by atoms with Crippen molar-refractivity contribution in [3.05, 3.63) is 65.7 Å². The van der Waals surface area contributed by atoms with E-state index in [-0.39, 0.29) is 89.5 Å². The largest absolute Gasteiger partial charge is 0.508 e. The van der Waals surface area contributed by atoms with Crippen molar-refractivity contribution >= 4 is 133 Å². The number of benzene rings is 2. The lowest BCUT2D eigenvalue weighted by molar-refractivity contribution is -0.141. The molecule has 4 unspecified atom stereocenters. The second-order valence-corrected chi connectivity index (χ2v) is 26.5. The molecule has 0 bridgehead atoms. The van der Waals surface area contributed by atoms with Crippen molar-refractivity contribution in [1.82, 2.24) is 63.8 Å². The molecule has 4 heterocycles. The van der Waals surface area contributed by atoms with Gasteiger partial charge in [-0.25, -0.2) is 24.8 Å². The van der Waals surface area contributed by atoms with Crippen molar-refractivity contribution in [3.63, 3.8) is 0 Å². The Bertz CT molecular complexity index is 3790. The molecule has 606 valence electrons. The monoisotopic (exact) mass is 1560 g/mol. The first-order chi connectivity index (χ1) is 53.7. The Morgan fingerprint density at radius 3 is 1.21 bits per heavy atom. The van der Waals surface area contributed by atoms with Gasteiger partial charge in [0.1, 0.15) is 91.5 Å². The number of rotatable bonds is 51. The highest BCUT2D eigenvalue weighted by molar-refractivity contribution is 6.00. The second kappa shape index (κ2) is 47.0. The number of aromatic hydroxyl groups is 1. The number of aliphatic hydroxyl groups is 1. The Balaban J connectivity index is 1.20. The number of phenols is 1. The van der Waals surface area contributed by atoms with Crippen LogP contribution in [0.2, 0.25) is 0 Å². The van der Waals surface area contributed by atoms with Gasteiger partial charge in [-0.3, -0.25) is 82.9 Å². The molecular weight excluding hydrogens is 1460 g/mol. The molecule has 42 heteroatoms. The van der Waals surface area contributed by atoms with E-state index in [1.807, 2.05) is 0 Å². The van der Waals surface area contributed by atoms with Crippen LogP contribution in [0.3, 0.4) is 0 Å². The molecule has 0 spiro atoms. The van der Waals surface area contributed by atoms with E-state index in [0.717, 1.165) is 0 Å². The number of carboxylic acid groups (broad SMARTS) is 2. The molecule has 11 amide bonds. The number of nitrogens with two attached hydrogens (primary N) is 4. The van der Waals surface area contributed by atoms with E-state index in [9.17, 15) is 82.8 Å². The Hall–Kier alpha value is -12.2. The Morgan fingerprint density at radius 2 is 0.795 bits per heavy atom. The average Bonchev–Trinajstić information content (AvgIpc) is 1.26. The zero-order chi connectivity index (χ0) is 81.5. The topological polar surface area (TPSA) is 674 Å². The van der Waals surface area contributed by atoms with Crippen LogP contribution in [-0.4, -0.2) is 277 Å². The number of carboxylic acids is 2. The maximum Gasteiger partial charge on any atom is 0.326 e. The van der Waals surface area contributed by atoms with Crippen molar-refractivity contribution in [2.24, 2.45) is 62.9 Å². The van der Waals surface area contributed by atoms with Crippen LogP contribution in [0.5, 0.6) is 5.75 Å². The van der Waals surface area contributed by atoms with Gasteiger partial charge in [0, 0.05) is 76.3 Å². The summed E-state index contributed by atoms with van der Waals surface area (Å²) >= 11 is 0. The van der Waals surface area contributed by atoms with Crippen LogP contribution in [0.15, 0.2) is 94.5 Å². The summed E-state index contributed by atoms with van der Waals surface area (Å²) in [6.07, 6.45) is 9.04. The summed E-state index contributed by atoms with van der Waals surface area (Å²) in [5.74, 6) is -14.1. The summed E-state index contributed by atoms with van der Waals surface area (Å²) in [7, 11) is 0. The quantitative estimate of drug-likeness (QED) is 0.0166. The molecule has 112 heavy (non-hydrogen) atoms. The van der Waals surface area contributed by atoms with Crippen LogP contribution >= 0.6 is 0 Å². The molecule has 0 fully saturated rings. The SMILES string of the molecule is N=C(N)NCCC[C@H](NC(=O)[C@H](CC1C=NC=N1)NC(=O)[C@H](CO)NC(=O)[C@H](CC1C=NC=N1)NC(=O)[C@H](CC1C=NC=N1)NC(=O)[C@H](CCCCN)NC(=O)[C@H](CCC(=O)O)NC(=O)[C@H](CC1C=NC=N1)NC(=O)[C@H](Cc1ccccc1)NC(=O)[C@@H](N)CCCCN)C(=O)NCC(=O)N[C@@H](Cc1ccc(O)cc1)C(=O)O. The van der Waals surface area contributed by atoms with E-state index in [0.29, 0.717) is 36.9 Å². The number of guanidine groups is 1. The third-order valence-electron chi connectivity index (χ3n) is 17.7. The number of hydrogen-bond acceptors (Lipinski definition) is 27. The van der Waals surface area contributed by atoms with Crippen molar-refractivity contribution in [2.45, 2.75) is 193 Å². The summed E-state index contributed by atoms with van der Waals surface area (Å²) in [4.78, 5) is 214. The molecule has 2 aromatic carbocycles. The predicted octanol–water partition coefficient (Wildman–Crippen LogP) is -6.58. The van der Waals surface area contributed by atoms with Gasteiger partial charge in [0.25, 0.3) is 0 Å². The average molecular weight is 1560 g/mol. The molecule has 0 aliphatic carbocycles. The van der Waals surface area contributed by atoms with Gasteiger partial charge in [-0.05, 0) is 87.7 Å². The number of aliphatic hydroxyl groups excluding tert-OH is 1. The first-order valence-corrected chi connectivity index (χ1v) is 36.3. The summed E-state index contributed by atoms with van der Waals surface area (Å²) in [5.41, 5.74) is 24.2. The third-order valence-corrected chi connectivity index (χ3v) is 17.7. The fourth-order valence-corrected chi connectivity index (χ4v) is 11.6. The smallest absolute Gasteiger partial charge is 0.326 e. The van der Waals surface area contributed by atoms with Crippen molar-refractivity contribution in [3.8, 4) is 5.75 Å². The summed E-state index contributed by atoms with van der Waals surface area (Å²) in [6.45, 7) is -1.39. The van der Waals surface area contributed by atoms with Crippen LogP contribution < -0.4 is 86.7 Å². The van der Waals surface area contributed by atoms with Gasteiger partial charge in [0.2, 0.25) is 65.0 Å². The number of aliphatic carboxylic acids is 2. The van der Waals surface area contributed by atoms with Crippen LogP contribution in [0, 0.1) is 5.41 Å². The fourth-order valence-electron chi connectivity index (χ4n) is 11.6. The zero-order valence-corrected chi connectivity index (χ0v) is 61.3. The highest BCUT2D eigenvalue weighted by atomic mass is 16.4. The molecule has 42 nitrogen and oxygen atoms in total. The highest BCUT2D eigenvalue weighted by Gasteiger charge is 2.39. The maximum atomic E-state index is 14.9. The first-order valence-electron chi connectivity index (χ1n) is 36.3. The van der Waals surface area contributed by atoms with E-state index >= 15 is 0 Å². The van der Waals surface area contributed by atoms with Gasteiger partial charge in [-0.1, -0.05) is 48.9 Å². The lowest BCUT2D eigenvalue weighted by atomic mass is 10.0. The fraction of sp³-hybridized carbons (Fsp3) is 0.514. The van der Waals surface area contributed by atoms with E-state index in [1.165, 1.54) is 74.5 Å². The molecule has 0 saturated carbocycles. The Morgan fingerprint density at radius 1 is 0.420 bits per heavy atom. The third kappa shape index (κ3) is 31.4. The van der Waals surface area contributed by atoms with Crippen molar-refractivity contribution < 1.29 is 82.8 Å². The Kier molecular flexibility index (Phi) is 37.2. The summed E-state index contributed by atoms with van der Waals surface area (Å²) in [6, 6.07) is -6.08. The lowest BCUT2D eigenvalue weighted by Crippen LogP contribution is -2.61. The summed E-state index contributed by atoms with van der Waals surface area (Å²) in [5, 5.41) is 78.0. The lowest BCUT2D eigenvalue weighted by Gasteiger charge is -2.29. The summed E-state index contributed by atoms with van der Waals surface area (Å²) < 4.78 is 0. The van der Waals surface area contributed by atoms with E-state index in [4.69, 9.17) is 28.3 Å². The molecule has 4 aliphatic rings. The predicted molar refractivity (Wildman–Crippen MR) is 410 cm³/mol. The van der Waals surface area contributed by atoms with Gasteiger partial charge >= 0.3 is 11.9 Å². The van der Waals surface area contributed by atoms with Gasteiger partial charge in [0.05, 0.1) is 43.4 Å². The molecule has 4 aliphatic heterocycles. The molecule has 15 atom stereocenters. The van der Waals surface area contributed by atoms with Crippen molar-refractivity contribution in [2.75, 3.05) is 32.8 Å². The second-order valence-electron chi connectivity index (χ2n) is 26.5. The van der Waals surface area contributed by atoms with E-state index in [2.05, 4.69) is 104 Å². The molecule has 2 aromatic rings. The number of carbonyl (C=O) groups is 13. The number of unbranched alkanes of at least 4 members (excludes halogenated alkanes) is 2. The maximum absolute atomic E-state index is 14.9. The molecule has 0 radical (unpaired) electrons. The van der Waals surface area contributed by atoms with E-state index < -0.39 is 199 Å². The molecule has 0 aromatic heterocycles. The number of hydrogen-bond donors (Lipinski definition) is 21. The minimum absolute atomic E-state index is 0.0254. The van der Waals surface area contributed by atoms with Crippen molar-refractivity contribution in [1.29, 1.82) is 5.41 Å². The van der Waals surface area contributed by atoms with E-state index in [1.54, 1.807) is 30.3 Å². The van der Waals surface area contributed by atoms with Crippen LogP contribution in [0.1, 0.15) is 101 Å². The normalized spacial score (nSPS) is 18.4. The zero-order valence-electron chi connectivity index (χ0n) is 61.3. The van der Waals surface area contributed by atoms with Gasteiger partial charge in [0.15, 0.2) is 5.96 Å². The van der Waals surface area contributed by atoms with Crippen LogP contribution in [0.25, 0.3) is 0 Å². The van der Waals surface area contributed by atoms with Crippen LogP contribution in [0.4, 0.5) is 0 Å². The van der Waals surface area contributed by atoms with Gasteiger partial charge < -0.3 is 107 Å². The van der Waals surface area contributed by atoms with Crippen LogP contribution in [-0.2, 0) is 75.2 Å². The number of carbonyl (C=O) groups excluding carboxylic acids is 11. The Labute approximate surface area is 643 Å². The molecular formula is C70H99N25O17. The van der Waals surface area contributed by atoms with Gasteiger partial charge in [-0.15, -0.1) is 0 Å². The highest BCUT2D eigenvalue weighted by Crippen LogP contribution is 2.17. The minimum atomic E-state index is -1.90. The number of nitrogens with one attached hydrogen (secondary N) is 13. The number of amides is 11. The first kappa shape index (κ1) is 88.7. The minimum Gasteiger partial charge on any atom is -0.508 e.